The van der Waals surface area contributed by atoms with Gasteiger partial charge in [-0.1, -0.05) is 50.3 Å². The molecule has 0 unspecified atom stereocenters. The fourth-order valence-corrected chi connectivity index (χ4v) is 3.15. The Balaban J connectivity index is 2.01. The van der Waals surface area contributed by atoms with Crippen LogP contribution >= 0.6 is 0 Å². The molecule has 2 aromatic rings. The second kappa shape index (κ2) is 7.38. The number of hydrogen-bond donors (Lipinski definition) is 1. The average Bonchev–Trinajstić information content (AvgIpc) is 3.08. The number of rotatable bonds is 4. The second-order valence-corrected chi connectivity index (χ2v) is 6.91. The van der Waals surface area contributed by atoms with Gasteiger partial charge >= 0.3 is 0 Å². The summed E-state index contributed by atoms with van der Waals surface area (Å²) < 4.78 is 27.8. The van der Waals surface area contributed by atoms with Crippen molar-refractivity contribution in [2.75, 3.05) is 6.54 Å². The predicted octanol–water partition coefficient (Wildman–Crippen LogP) is 3.92. The number of carbonyl (C=O) groups is 1. The van der Waals surface area contributed by atoms with E-state index in [0.29, 0.717) is 5.57 Å². The summed E-state index contributed by atoms with van der Waals surface area (Å²) in [4.78, 5) is 14.5. The lowest BCUT2D eigenvalue weighted by Crippen LogP contribution is -2.46. The third kappa shape index (κ3) is 3.53. The van der Waals surface area contributed by atoms with Crippen molar-refractivity contribution in [3.63, 3.8) is 0 Å². The minimum atomic E-state index is -0.647. The SMILES string of the molecule is CC(C)[C@@H](N)C(=O)N1CC(c2cc(F)ccc2F)=C[C@H]1c1ccccc1. The first-order valence-corrected chi connectivity index (χ1v) is 8.65. The fraction of sp³-hybridized carbons (Fsp3) is 0.286. The standard InChI is InChI=1S/C21H22F2N2O/c1-13(2)20(24)21(26)25-12-15(17-11-16(22)8-9-18(17)23)10-19(25)14-6-4-3-5-7-14/h3-11,13,19-20H,12,24H2,1-2H3/t19-,20+/m0/s1. The Kier molecular flexibility index (Phi) is 5.18. The molecule has 0 aliphatic carbocycles. The van der Waals surface area contributed by atoms with E-state index in [1.165, 1.54) is 6.07 Å². The molecule has 136 valence electrons. The summed E-state index contributed by atoms with van der Waals surface area (Å²) in [6.07, 6.45) is 1.82. The van der Waals surface area contributed by atoms with Gasteiger partial charge < -0.3 is 10.6 Å². The number of nitrogens with zero attached hydrogens (tertiary/aromatic N) is 1. The molecule has 0 fully saturated rings. The zero-order valence-corrected chi connectivity index (χ0v) is 14.8. The summed E-state index contributed by atoms with van der Waals surface area (Å²) in [5.74, 6) is -1.24. The van der Waals surface area contributed by atoms with Gasteiger partial charge in [0.05, 0.1) is 12.1 Å². The molecule has 0 aromatic heterocycles. The third-order valence-electron chi connectivity index (χ3n) is 4.74. The smallest absolute Gasteiger partial charge is 0.240 e. The number of carbonyl (C=O) groups excluding carboxylic acids is 1. The zero-order chi connectivity index (χ0) is 18.8. The molecule has 0 bridgehead atoms. The van der Waals surface area contributed by atoms with Crippen LogP contribution in [0.25, 0.3) is 5.57 Å². The van der Waals surface area contributed by atoms with Crippen LogP contribution in [0, 0.1) is 17.6 Å². The van der Waals surface area contributed by atoms with E-state index >= 15 is 0 Å². The van der Waals surface area contributed by atoms with Crippen LogP contribution in [-0.4, -0.2) is 23.4 Å². The quantitative estimate of drug-likeness (QED) is 0.903. The van der Waals surface area contributed by atoms with E-state index in [4.69, 9.17) is 5.73 Å². The van der Waals surface area contributed by atoms with Crippen molar-refractivity contribution in [2.24, 2.45) is 11.7 Å². The van der Waals surface area contributed by atoms with Crippen LogP contribution in [0.3, 0.4) is 0 Å². The van der Waals surface area contributed by atoms with Gasteiger partial charge in [0.2, 0.25) is 5.91 Å². The second-order valence-electron chi connectivity index (χ2n) is 6.91. The molecule has 1 amide bonds. The summed E-state index contributed by atoms with van der Waals surface area (Å²) in [5.41, 5.74) is 7.74. The van der Waals surface area contributed by atoms with E-state index in [1.54, 1.807) is 4.90 Å². The number of nitrogens with two attached hydrogens (primary N) is 1. The highest BCUT2D eigenvalue weighted by Crippen LogP contribution is 2.36. The molecule has 26 heavy (non-hydrogen) atoms. The summed E-state index contributed by atoms with van der Waals surface area (Å²) in [7, 11) is 0. The van der Waals surface area contributed by atoms with Gasteiger partial charge in [0, 0.05) is 12.1 Å². The maximum atomic E-state index is 14.2. The van der Waals surface area contributed by atoms with Crippen molar-refractivity contribution in [3.05, 3.63) is 77.4 Å². The normalized spacial score (nSPS) is 18.2. The number of hydrogen-bond acceptors (Lipinski definition) is 2. The summed E-state index contributed by atoms with van der Waals surface area (Å²) in [6.45, 7) is 3.96. The van der Waals surface area contributed by atoms with Crippen molar-refractivity contribution >= 4 is 11.5 Å². The maximum Gasteiger partial charge on any atom is 0.240 e. The molecule has 1 aliphatic heterocycles. The first-order chi connectivity index (χ1) is 12.4. The number of benzene rings is 2. The zero-order valence-electron chi connectivity index (χ0n) is 14.8. The summed E-state index contributed by atoms with van der Waals surface area (Å²) in [6, 6.07) is 11.8. The number of halogens is 2. The third-order valence-corrected chi connectivity index (χ3v) is 4.74. The van der Waals surface area contributed by atoms with E-state index in [9.17, 15) is 13.6 Å². The predicted molar refractivity (Wildman–Crippen MR) is 98.0 cm³/mol. The molecule has 2 N–H and O–H groups in total. The van der Waals surface area contributed by atoms with Crippen molar-refractivity contribution in [3.8, 4) is 0 Å². The van der Waals surface area contributed by atoms with Crippen LogP contribution < -0.4 is 5.73 Å². The Hall–Kier alpha value is -2.53. The molecular formula is C21H22F2N2O. The van der Waals surface area contributed by atoms with Gasteiger partial charge in [0.1, 0.15) is 11.6 Å². The average molecular weight is 356 g/mol. The summed E-state index contributed by atoms with van der Waals surface area (Å²) in [5, 5.41) is 0. The lowest BCUT2D eigenvalue weighted by Gasteiger charge is -2.29. The Morgan fingerprint density at radius 2 is 1.85 bits per heavy atom. The summed E-state index contributed by atoms with van der Waals surface area (Å²) >= 11 is 0. The van der Waals surface area contributed by atoms with Crippen molar-refractivity contribution in [2.45, 2.75) is 25.9 Å². The van der Waals surface area contributed by atoms with Gasteiger partial charge in [-0.05, 0) is 35.3 Å². The highest BCUT2D eigenvalue weighted by Gasteiger charge is 2.34. The topological polar surface area (TPSA) is 46.3 Å². The van der Waals surface area contributed by atoms with E-state index in [1.807, 2.05) is 50.3 Å². The van der Waals surface area contributed by atoms with Gasteiger partial charge in [0.15, 0.2) is 0 Å². The molecule has 3 rings (SSSR count). The van der Waals surface area contributed by atoms with Gasteiger partial charge in [-0.3, -0.25) is 4.79 Å². The van der Waals surface area contributed by atoms with Gasteiger partial charge in [-0.15, -0.1) is 0 Å². The van der Waals surface area contributed by atoms with E-state index in [2.05, 4.69) is 0 Å². The molecular weight excluding hydrogens is 334 g/mol. The van der Waals surface area contributed by atoms with Crippen LogP contribution in [0.4, 0.5) is 8.78 Å². The van der Waals surface area contributed by atoms with Gasteiger partial charge in [-0.25, -0.2) is 8.78 Å². The van der Waals surface area contributed by atoms with E-state index in [-0.39, 0.29) is 30.0 Å². The fourth-order valence-electron chi connectivity index (χ4n) is 3.15. The molecule has 2 aromatic carbocycles. The Bertz CT molecular complexity index is 833. The van der Waals surface area contributed by atoms with Crippen LogP contribution in [0.15, 0.2) is 54.6 Å². The largest absolute Gasteiger partial charge is 0.326 e. The lowest BCUT2D eigenvalue weighted by atomic mass is 10.0. The first kappa shape index (κ1) is 18.3. The first-order valence-electron chi connectivity index (χ1n) is 8.65. The van der Waals surface area contributed by atoms with Gasteiger partial charge in [-0.2, -0.15) is 0 Å². The van der Waals surface area contributed by atoms with Crippen LogP contribution in [0.5, 0.6) is 0 Å². The highest BCUT2D eigenvalue weighted by molar-refractivity contribution is 5.87. The minimum Gasteiger partial charge on any atom is -0.326 e. The Morgan fingerprint density at radius 3 is 2.50 bits per heavy atom. The van der Waals surface area contributed by atoms with Crippen molar-refractivity contribution in [1.29, 1.82) is 0 Å². The molecule has 2 atom stereocenters. The highest BCUT2D eigenvalue weighted by atomic mass is 19.1. The minimum absolute atomic E-state index is 0.0196. The van der Waals surface area contributed by atoms with Gasteiger partial charge in [0.25, 0.3) is 0 Å². The van der Waals surface area contributed by atoms with E-state index < -0.39 is 17.7 Å². The molecule has 5 heteroatoms. The molecule has 0 saturated carbocycles. The molecule has 3 nitrogen and oxygen atoms in total. The molecule has 1 aliphatic rings. The lowest BCUT2D eigenvalue weighted by molar-refractivity contribution is -0.134. The van der Waals surface area contributed by atoms with Crippen LogP contribution in [0.1, 0.15) is 31.0 Å². The molecule has 0 spiro atoms. The molecule has 1 heterocycles. The van der Waals surface area contributed by atoms with E-state index in [0.717, 1.165) is 17.7 Å². The molecule has 0 radical (unpaired) electrons. The van der Waals surface area contributed by atoms with Crippen molar-refractivity contribution < 1.29 is 13.6 Å². The van der Waals surface area contributed by atoms with Crippen LogP contribution in [-0.2, 0) is 4.79 Å². The Morgan fingerprint density at radius 1 is 1.15 bits per heavy atom. The maximum absolute atomic E-state index is 14.2. The Labute approximate surface area is 152 Å². The number of amides is 1. The molecule has 0 saturated heterocycles. The van der Waals surface area contributed by atoms with Crippen LogP contribution in [0.2, 0.25) is 0 Å². The monoisotopic (exact) mass is 356 g/mol. The van der Waals surface area contributed by atoms with Crippen molar-refractivity contribution in [1.82, 2.24) is 4.90 Å².